The number of benzene rings is 2. The number of thiophene rings is 1. The molecule has 3 nitrogen and oxygen atoms in total. The summed E-state index contributed by atoms with van der Waals surface area (Å²) in [5.74, 6) is -0.405. The number of halogens is 1. The van der Waals surface area contributed by atoms with Gasteiger partial charge in [0.25, 0.3) is 5.91 Å². The minimum atomic E-state index is -0.315. The molecule has 106 valence electrons. The largest absolute Gasteiger partial charge is 0.508 e. The molecule has 1 amide bonds. The fraction of sp³-hybridized carbons (Fsp3) is 0.0625. The van der Waals surface area contributed by atoms with Crippen molar-refractivity contribution in [2.45, 2.75) is 0 Å². The first-order valence-corrected chi connectivity index (χ1v) is 7.12. The van der Waals surface area contributed by atoms with Gasteiger partial charge in [-0.3, -0.25) is 4.79 Å². The Labute approximate surface area is 124 Å². The first kappa shape index (κ1) is 13.6. The number of carbonyl (C=O) groups excluding carboxylic acids is 1. The zero-order chi connectivity index (χ0) is 15.0. The highest BCUT2D eigenvalue weighted by Crippen LogP contribution is 2.28. The summed E-state index contributed by atoms with van der Waals surface area (Å²) in [6.07, 6.45) is 0. The van der Waals surface area contributed by atoms with Gasteiger partial charge < -0.3 is 10.0 Å². The van der Waals surface area contributed by atoms with E-state index in [4.69, 9.17) is 0 Å². The van der Waals surface area contributed by atoms with Gasteiger partial charge in [0.2, 0.25) is 0 Å². The number of phenolic OH excluding ortho intramolecular Hbond substituents is 1. The summed E-state index contributed by atoms with van der Waals surface area (Å²) < 4.78 is 13.9. The van der Waals surface area contributed by atoms with E-state index in [-0.39, 0.29) is 17.5 Å². The van der Waals surface area contributed by atoms with Gasteiger partial charge in [-0.25, -0.2) is 4.39 Å². The number of amides is 1. The number of nitrogens with zero attached hydrogens (tertiary/aromatic N) is 1. The fourth-order valence-corrected chi connectivity index (χ4v) is 3.16. The highest BCUT2D eigenvalue weighted by atomic mass is 32.1. The smallest absolute Gasteiger partial charge is 0.268 e. The van der Waals surface area contributed by atoms with Crippen LogP contribution in [0.2, 0.25) is 0 Å². The van der Waals surface area contributed by atoms with E-state index < -0.39 is 0 Å². The number of carbonyl (C=O) groups is 1. The zero-order valence-electron chi connectivity index (χ0n) is 11.2. The third-order valence-corrected chi connectivity index (χ3v) is 4.30. The number of phenols is 1. The van der Waals surface area contributed by atoms with E-state index in [1.165, 1.54) is 34.4 Å². The van der Waals surface area contributed by atoms with Crippen LogP contribution in [-0.2, 0) is 0 Å². The second-order valence-electron chi connectivity index (χ2n) is 4.68. The summed E-state index contributed by atoms with van der Waals surface area (Å²) in [4.78, 5) is 14.5. The molecule has 0 aliphatic carbocycles. The molecule has 0 fully saturated rings. The summed E-state index contributed by atoms with van der Waals surface area (Å²) in [5.41, 5.74) is 0.601. The molecule has 0 saturated heterocycles. The van der Waals surface area contributed by atoms with E-state index in [2.05, 4.69) is 0 Å². The number of rotatable bonds is 2. The van der Waals surface area contributed by atoms with Crippen LogP contribution >= 0.6 is 11.3 Å². The molecular weight excluding hydrogens is 289 g/mol. The van der Waals surface area contributed by atoms with E-state index in [0.29, 0.717) is 10.6 Å². The third kappa shape index (κ3) is 2.60. The van der Waals surface area contributed by atoms with Crippen molar-refractivity contribution in [2.24, 2.45) is 0 Å². The lowest BCUT2D eigenvalue weighted by Gasteiger charge is -2.16. The average molecular weight is 301 g/mol. The van der Waals surface area contributed by atoms with Crippen LogP contribution in [-0.4, -0.2) is 18.1 Å². The number of aromatic hydroxyl groups is 1. The Bertz CT molecular complexity index is 828. The van der Waals surface area contributed by atoms with Crippen LogP contribution in [0.4, 0.5) is 10.1 Å². The highest BCUT2D eigenvalue weighted by molar-refractivity contribution is 7.20. The second kappa shape index (κ2) is 5.18. The molecule has 0 bridgehead atoms. The maximum absolute atomic E-state index is 13.2. The molecule has 0 aliphatic rings. The van der Waals surface area contributed by atoms with Crippen LogP contribution in [0.15, 0.2) is 48.5 Å². The third-order valence-electron chi connectivity index (χ3n) is 3.21. The average Bonchev–Trinajstić information content (AvgIpc) is 2.88. The van der Waals surface area contributed by atoms with E-state index in [0.717, 1.165) is 10.1 Å². The zero-order valence-corrected chi connectivity index (χ0v) is 12.0. The molecule has 3 rings (SSSR count). The topological polar surface area (TPSA) is 40.5 Å². The molecule has 0 saturated carbocycles. The van der Waals surface area contributed by atoms with Crippen molar-refractivity contribution in [3.8, 4) is 5.75 Å². The maximum atomic E-state index is 13.2. The van der Waals surface area contributed by atoms with E-state index in [1.54, 1.807) is 37.4 Å². The van der Waals surface area contributed by atoms with Gasteiger partial charge >= 0.3 is 0 Å². The summed E-state index contributed by atoms with van der Waals surface area (Å²) in [6.45, 7) is 0. The molecule has 0 aliphatic heterocycles. The molecule has 0 spiro atoms. The van der Waals surface area contributed by atoms with Gasteiger partial charge in [0.15, 0.2) is 0 Å². The maximum Gasteiger partial charge on any atom is 0.268 e. The number of hydrogen-bond acceptors (Lipinski definition) is 3. The van der Waals surface area contributed by atoms with Gasteiger partial charge in [-0.2, -0.15) is 0 Å². The standard InChI is InChI=1S/C16H12FNO2S/c1-18(12-3-2-4-13(19)9-12)16(20)15-7-10-5-6-11(17)8-14(10)21-15/h2-9,19H,1H3. The molecular formula is C16H12FNO2S. The van der Waals surface area contributed by atoms with Gasteiger partial charge in [0, 0.05) is 23.5 Å². The normalized spacial score (nSPS) is 10.8. The van der Waals surface area contributed by atoms with Crippen molar-refractivity contribution in [3.63, 3.8) is 0 Å². The number of fused-ring (bicyclic) bond motifs is 1. The molecule has 0 atom stereocenters. The molecule has 21 heavy (non-hydrogen) atoms. The Kier molecular flexibility index (Phi) is 3.35. The van der Waals surface area contributed by atoms with Crippen molar-refractivity contribution in [2.75, 3.05) is 11.9 Å². The molecule has 0 radical (unpaired) electrons. The number of anilines is 1. The molecule has 1 N–H and O–H groups in total. The summed E-state index contributed by atoms with van der Waals surface area (Å²) >= 11 is 1.25. The van der Waals surface area contributed by atoms with Crippen molar-refractivity contribution in [1.82, 2.24) is 0 Å². The van der Waals surface area contributed by atoms with Crippen molar-refractivity contribution >= 4 is 33.0 Å². The monoisotopic (exact) mass is 301 g/mol. The van der Waals surface area contributed by atoms with Gasteiger partial charge in [0.1, 0.15) is 11.6 Å². The quantitative estimate of drug-likeness (QED) is 0.776. The van der Waals surface area contributed by atoms with Gasteiger partial charge in [-0.1, -0.05) is 12.1 Å². The predicted octanol–water partition coefficient (Wildman–Crippen LogP) is 4.02. The molecule has 5 heteroatoms. The number of hydrogen-bond donors (Lipinski definition) is 1. The Balaban J connectivity index is 1.96. The van der Waals surface area contributed by atoms with Crippen LogP contribution in [0, 0.1) is 5.82 Å². The van der Waals surface area contributed by atoms with Gasteiger partial charge in [-0.15, -0.1) is 11.3 Å². The summed E-state index contributed by atoms with van der Waals surface area (Å²) in [7, 11) is 1.64. The lowest BCUT2D eigenvalue weighted by molar-refractivity contribution is 0.0997. The first-order chi connectivity index (χ1) is 10.0. The highest BCUT2D eigenvalue weighted by Gasteiger charge is 2.16. The van der Waals surface area contributed by atoms with Crippen LogP contribution in [0.3, 0.4) is 0 Å². The van der Waals surface area contributed by atoms with Gasteiger partial charge in [0.05, 0.1) is 4.88 Å². The van der Waals surface area contributed by atoms with Crippen LogP contribution in [0.5, 0.6) is 5.75 Å². The molecule has 1 aromatic heterocycles. The Morgan fingerprint density at radius 1 is 1.19 bits per heavy atom. The minimum Gasteiger partial charge on any atom is -0.508 e. The minimum absolute atomic E-state index is 0.102. The molecule has 0 unspecified atom stereocenters. The first-order valence-electron chi connectivity index (χ1n) is 6.31. The van der Waals surface area contributed by atoms with E-state index >= 15 is 0 Å². The molecule has 1 heterocycles. The second-order valence-corrected chi connectivity index (χ2v) is 5.76. The van der Waals surface area contributed by atoms with E-state index in [9.17, 15) is 14.3 Å². The Morgan fingerprint density at radius 2 is 2.00 bits per heavy atom. The summed E-state index contributed by atoms with van der Waals surface area (Å²) in [6, 6.07) is 12.7. The van der Waals surface area contributed by atoms with Crippen molar-refractivity contribution in [3.05, 3.63) is 59.2 Å². The molecule has 3 aromatic rings. The Morgan fingerprint density at radius 3 is 2.76 bits per heavy atom. The van der Waals surface area contributed by atoms with E-state index in [1.807, 2.05) is 0 Å². The summed E-state index contributed by atoms with van der Waals surface area (Å²) in [5, 5.41) is 10.3. The molecule has 2 aromatic carbocycles. The fourth-order valence-electron chi connectivity index (χ4n) is 2.09. The lowest BCUT2D eigenvalue weighted by atomic mass is 10.2. The van der Waals surface area contributed by atoms with Crippen LogP contribution < -0.4 is 4.90 Å². The van der Waals surface area contributed by atoms with Crippen LogP contribution in [0.1, 0.15) is 9.67 Å². The van der Waals surface area contributed by atoms with Gasteiger partial charge in [-0.05, 0) is 35.7 Å². The Hall–Kier alpha value is -2.40. The predicted molar refractivity (Wildman–Crippen MR) is 82.6 cm³/mol. The van der Waals surface area contributed by atoms with Crippen molar-refractivity contribution in [1.29, 1.82) is 0 Å². The van der Waals surface area contributed by atoms with Crippen molar-refractivity contribution < 1.29 is 14.3 Å². The SMILES string of the molecule is CN(C(=O)c1cc2ccc(F)cc2s1)c1cccc(O)c1. The lowest BCUT2D eigenvalue weighted by Crippen LogP contribution is -2.25. The van der Waals surface area contributed by atoms with Crippen LogP contribution in [0.25, 0.3) is 10.1 Å².